The lowest BCUT2D eigenvalue weighted by Gasteiger charge is -2.08. The SMILES string of the molecule is O=C(Oc1c(F)c(F)c(F)c(F)c1F)c1cc2ccccc2cn1. The Morgan fingerprint density at radius 1 is 0.833 bits per heavy atom. The third-order valence-electron chi connectivity index (χ3n) is 3.20. The van der Waals surface area contributed by atoms with E-state index >= 15 is 0 Å². The smallest absolute Gasteiger partial charge is 0.362 e. The Morgan fingerprint density at radius 3 is 2.00 bits per heavy atom. The Balaban J connectivity index is 2.00. The molecule has 0 aliphatic carbocycles. The Kier molecular flexibility index (Phi) is 3.88. The maximum absolute atomic E-state index is 13.5. The second-order valence-electron chi connectivity index (χ2n) is 4.71. The van der Waals surface area contributed by atoms with E-state index < -0.39 is 40.8 Å². The number of carbonyl (C=O) groups is 1. The van der Waals surface area contributed by atoms with Gasteiger partial charge in [-0.25, -0.2) is 22.9 Å². The first-order valence-electron chi connectivity index (χ1n) is 6.48. The minimum Gasteiger partial charge on any atom is -0.415 e. The van der Waals surface area contributed by atoms with Crippen molar-refractivity contribution in [1.82, 2.24) is 4.98 Å². The molecule has 0 spiro atoms. The molecule has 0 atom stereocenters. The van der Waals surface area contributed by atoms with E-state index in [-0.39, 0.29) is 5.69 Å². The van der Waals surface area contributed by atoms with E-state index in [9.17, 15) is 26.7 Å². The molecule has 0 saturated heterocycles. The number of hydrogen-bond acceptors (Lipinski definition) is 3. The van der Waals surface area contributed by atoms with Crippen LogP contribution in [0.25, 0.3) is 10.8 Å². The zero-order valence-electron chi connectivity index (χ0n) is 11.6. The number of pyridine rings is 1. The highest BCUT2D eigenvalue weighted by atomic mass is 19.2. The lowest BCUT2D eigenvalue weighted by atomic mass is 10.1. The first kappa shape index (κ1) is 15.9. The van der Waals surface area contributed by atoms with Crippen molar-refractivity contribution >= 4 is 16.7 Å². The van der Waals surface area contributed by atoms with Crippen molar-refractivity contribution in [3.8, 4) is 5.75 Å². The van der Waals surface area contributed by atoms with Gasteiger partial charge in [-0.2, -0.15) is 8.78 Å². The largest absolute Gasteiger partial charge is 0.415 e. The van der Waals surface area contributed by atoms with Crippen molar-refractivity contribution in [1.29, 1.82) is 0 Å². The highest BCUT2D eigenvalue weighted by Gasteiger charge is 2.29. The number of halogens is 5. The molecule has 0 radical (unpaired) electrons. The van der Waals surface area contributed by atoms with E-state index in [2.05, 4.69) is 9.72 Å². The Labute approximate surface area is 131 Å². The zero-order valence-corrected chi connectivity index (χ0v) is 11.6. The molecule has 122 valence electrons. The van der Waals surface area contributed by atoms with Crippen molar-refractivity contribution in [3.05, 3.63) is 71.3 Å². The molecule has 0 unspecified atom stereocenters. The summed E-state index contributed by atoms with van der Waals surface area (Å²) >= 11 is 0. The summed E-state index contributed by atoms with van der Waals surface area (Å²) in [5.41, 5.74) is -0.349. The molecular weight excluding hydrogens is 333 g/mol. The molecule has 0 saturated carbocycles. The fourth-order valence-electron chi connectivity index (χ4n) is 2.01. The maximum atomic E-state index is 13.5. The van der Waals surface area contributed by atoms with Crippen LogP contribution >= 0.6 is 0 Å². The van der Waals surface area contributed by atoms with Crippen LogP contribution in [0.5, 0.6) is 5.75 Å². The minimum atomic E-state index is -2.34. The third kappa shape index (κ3) is 2.55. The quantitative estimate of drug-likeness (QED) is 0.231. The van der Waals surface area contributed by atoms with Crippen LogP contribution in [0, 0.1) is 29.1 Å². The molecule has 0 aliphatic heterocycles. The number of fused-ring (bicyclic) bond motifs is 1. The second kappa shape index (κ2) is 5.88. The van der Waals surface area contributed by atoms with Crippen LogP contribution in [0.1, 0.15) is 10.5 Å². The summed E-state index contributed by atoms with van der Waals surface area (Å²) in [6.07, 6.45) is 1.31. The number of rotatable bonds is 2. The van der Waals surface area contributed by atoms with E-state index in [1.165, 1.54) is 12.3 Å². The van der Waals surface area contributed by atoms with Gasteiger partial charge in [0.25, 0.3) is 0 Å². The zero-order chi connectivity index (χ0) is 17.4. The van der Waals surface area contributed by atoms with Crippen molar-refractivity contribution in [2.75, 3.05) is 0 Å². The van der Waals surface area contributed by atoms with E-state index in [1.54, 1.807) is 24.3 Å². The van der Waals surface area contributed by atoms with Gasteiger partial charge in [0.05, 0.1) is 0 Å². The van der Waals surface area contributed by atoms with E-state index in [1.807, 2.05) is 0 Å². The van der Waals surface area contributed by atoms with Gasteiger partial charge in [-0.3, -0.25) is 0 Å². The summed E-state index contributed by atoms with van der Waals surface area (Å²) < 4.78 is 70.5. The lowest BCUT2D eigenvalue weighted by Crippen LogP contribution is -2.14. The first-order valence-corrected chi connectivity index (χ1v) is 6.48. The lowest BCUT2D eigenvalue weighted by molar-refractivity contribution is 0.0710. The molecular formula is C16H6F5NO2. The molecule has 8 heteroatoms. The number of ether oxygens (including phenoxy) is 1. The van der Waals surface area contributed by atoms with Gasteiger partial charge in [-0.15, -0.1) is 0 Å². The average Bonchev–Trinajstić information content (AvgIpc) is 2.61. The molecule has 0 amide bonds. The highest BCUT2D eigenvalue weighted by molar-refractivity contribution is 5.94. The van der Waals surface area contributed by atoms with Crippen molar-refractivity contribution in [2.24, 2.45) is 0 Å². The molecule has 3 aromatic rings. The minimum absolute atomic E-state index is 0.349. The number of esters is 1. The van der Waals surface area contributed by atoms with Crippen LogP contribution in [0.15, 0.2) is 36.5 Å². The number of aromatic nitrogens is 1. The molecule has 3 nitrogen and oxygen atoms in total. The standard InChI is InChI=1S/C16H6F5NO2/c17-10-11(18)13(20)15(14(21)12(10)19)24-16(23)9-5-7-3-1-2-4-8(7)6-22-9/h1-6H. The highest BCUT2D eigenvalue weighted by Crippen LogP contribution is 2.29. The van der Waals surface area contributed by atoms with E-state index in [0.717, 1.165) is 0 Å². The molecule has 1 heterocycles. The number of nitrogens with zero attached hydrogens (tertiary/aromatic N) is 1. The summed E-state index contributed by atoms with van der Waals surface area (Å²) in [6.45, 7) is 0. The summed E-state index contributed by atoms with van der Waals surface area (Å²) in [5.74, 6) is -14.3. The summed E-state index contributed by atoms with van der Waals surface area (Å²) in [4.78, 5) is 15.7. The fraction of sp³-hybridized carbons (Fsp3) is 0. The Hall–Kier alpha value is -3.03. The monoisotopic (exact) mass is 339 g/mol. The third-order valence-corrected chi connectivity index (χ3v) is 3.20. The normalized spacial score (nSPS) is 10.9. The van der Waals surface area contributed by atoms with Gasteiger partial charge in [-0.1, -0.05) is 24.3 Å². The van der Waals surface area contributed by atoms with Gasteiger partial charge >= 0.3 is 5.97 Å². The number of hydrogen-bond donors (Lipinski definition) is 0. The van der Waals surface area contributed by atoms with E-state index in [4.69, 9.17) is 0 Å². The molecule has 24 heavy (non-hydrogen) atoms. The van der Waals surface area contributed by atoms with Gasteiger partial charge in [0.1, 0.15) is 5.69 Å². The van der Waals surface area contributed by atoms with Crippen LogP contribution in [-0.2, 0) is 0 Å². The van der Waals surface area contributed by atoms with Crippen molar-refractivity contribution in [2.45, 2.75) is 0 Å². The van der Waals surface area contributed by atoms with Crippen LogP contribution in [-0.4, -0.2) is 11.0 Å². The Bertz CT molecular complexity index is 945. The molecule has 0 fully saturated rings. The van der Waals surface area contributed by atoms with Crippen LogP contribution in [0.2, 0.25) is 0 Å². The molecule has 0 N–H and O–H groups in total. The predicted molar refractivity (Wildman–Crippen MR) is 72.9 cm³/mol. The predicted octanol–water partition coefficient (Wildman–Crippen LogP) is 4.15. The van der Waals surface area contributed by atoms with Gasteiger partial charge in [0.2, 0.25) is 34.8 Å². The molecule has 3 rings (SSSR count). The molecule has 0 aliphatic rings. The molecule has 1 aromatic heterocycles. The fourth-order valence-corrected chi connectivity index (χ4v) is 2.01. The molecule has 0 bridgehead atoms. The molecule has 2 aromatic carbocycles. The van der Waals surface area contributed by atoms with Gasteiger partial charge in [0.15, 0.2) is 0 Å². The second-order valence-corrected chi connectivity index (χ2v) is 4.71. The van der Waals surface area contributed by atoms with Crippen LogP contribution in [0.3, 0.4) is 0 Å². The van der Waals surface area contributed by atoms with Crippen LogP contribution < -0.4 is 4.74 Å². The van der Waals surface area contributed by atoms with Gasteiger partial charge < -0.3 is 4.74 Å². The topological polar surface area (TPSA) is 39.2 Å². The van der Waals surface area contributed by atoms with Crippen molar-refractivity contribution < 1.29 is 31.5 Å². The van der Waals surface area contributed by atoms with Crippen LogP contribution in [0.4, 0.5) is 22.0 Å². The Morgan fingerprint density at radius 2 is 1.38 bits per heavy atom. The first-order chi connectivity index (χ1) is 11.4. The van der Waals surface area contributed by atoms with Gasteiger partial charge in [0, 0.05) is 11.6 Å². The number of carbonyl (C=O) groups excluding carboxylic acids is 1. The number of benzene rings is 2. The van der Waals surface area contributed by atoms with E-state index in [0.29, 0.717) is 10.8 Å². The van der Waals surface area contributed by atoms with Crippen molar-refractivity contribution in [3.63, 3.8) is 0 Å². The summed E-state index contributed by atoms with van der Waals surface area (Å²) in [7, 11) is 0. The summed E-state index contributed by atoms with van der Waals surface area (Å²) in [6, 6.07) is 8.04. The summed E-state index contributed by atoms with van der Waals surface area (Å²) in [5, 5.41) is 1.27. The maximum Gasteiger partial charge on any atom is 0.362 e. The van der Waals surface area contributed by atoms with Gasteiger partial charge in [-0.05, 0) is 11.5 Å². The average molecular weight is 339 g/mol.